The lowest BCUT2D eigenvalue weighted by Gasteiger charge is -2.27. The average molecular weight is 435 g/mol. The van der Waals surface area contributed by atoms with Crippen LogP contribution < -0.4 is 5.32 Å². The lowest BCUT2D eigenvalue weighted by molar-refractivity contribution is 0.0784. The van der Waals surface area contributed by atoms with Crippen molar-refractivity contribution in [2.75, 3.05) is 7.05 Å². The molecule has 3 bridgehead atoms. The summed E-state index contributed by atoms with van der Waals surface area (Å²) in [6.45, 7) is 0.395. The molecule has 3 saturated carbocycles. The van der Waals surface area contributed by atoms with E-state index in [1.807, 2.05) is 24.3 Å². The number of benzene rings is 2. The van der Waals surface area contributed by atoms with Crippen molar-refractivity contribution in [3.63, 3.8) is 0 Å². The van der Waals surface area contributed by atoms with Crippen LogP contribution >= 0.6 is 0 Å². The number of nitrogens with zero attached hydrogens (tertiary/aromatic N) is 1. The molecule has 1 N–H and O–H groups in total. The van der Waals surface area contributed by atoms with Crippen molar-refractivity contribution >= 4 is 11.8 Å². The molecule has 3 aliphatic rings. The maximum Gasteiger partial charge on any atom is 0.253 e. The van der Waals surface area contributed by atoms with Gasteiger partial charge in [0.15, 0.2) is 0 Å². The lowest BCUT2D eigenvalue weighted by atomic mass is 9.80. The zero-order valence-electron chi connectivity index (χ0n) is 18.6. The van der Waals surface area contributed by atoms with Crippen LogP contribution in [0, 0.1) is 29.5 Å². The van der Waals surface area contributed by atoms with E-state index in [9.17, 15) is 14.0 Å². The second kappa shape index (κ2) is 8.68. The van der Waals surface area contributed by atoms with Crippen LogP contribution in [0.3, 0.4) is 0 Å². The second-order valence-electron chi connectivity index (χ2n) is 10.1. The maximum atomic E-state index is 13.4. The van der Waals surface area contributed by atoms with E-state index in [0.29, 0.717) is 29.6 Å². The van der Waals surface area contributed by atoms with Crippen molar-refractivity contribution in [2.45, 2.75) is 51.1 Å². The molecular formula is C27H31FN2O2. The van der Waals surface area contributed by atoms with Crippen molar-refractivity contribution in [2.24, 2.45) is 23.7 Å². The van der Waals surface area contributed by atoms with Gasteiger partial charge in [-0.2, -0.15) is 0 Å². The molecule has 168 valence electrons. The van der Waals surface area contributed by atoms with Crippen LogP contribution in [0.5, 0.6) is 0 Å². The third-order valence-electron chi connectivity index (χ3n) is 7.92. The predicted molar refractivity (Wildman–Crippen MR) is 122 cm³/mol. The first-order chi connectivity index (χ1) is 15.5. The Balaban J connectivity index is 1.20. The fourth-order valence-electron chi connectivity index (χ4n) is 6.47. The van der Waals surface area contributed by atoms with Crippen molar-refractivity contribution in [3.05, 3.63) is 71.0 Å². The van der Waals surface area contributed by atoms with Gasteiger partial charge in [-0.15, -0.1) is 0 Å². The number of rotatable bonds is 5. The number of carbonyl (C=O) groups excluding carboxylic acids is 2. The van der Waals surface area contributed by atoms with Gasteiger partial charge in [0.2, 0.25) is 0 Å². The Morgan fingerprint density at radius 1 is 0.969 bits per heavy atom. The van der Waals surface area contributed by atoms with Gasteiger partial charge in [0.25, 0.3) is 11.8 Å². The van der Waals surface area contributed by atoms with E-state index in [4.69, 9.17) is 0 Å². The molecule has 2 aromatic rings. The molecule has 0 spiro atoms. The Hall–Kier alpha value is -2.69. The first-order valence-electron chi connectivity index (χ1n) is 11.9. The number of halogens is 1. The van der Waals surface area contributed by atoms with Crippen LogP contribution in [0.1, 0.15) is 64.8 Å². The fourth-order valence-corrected chi connectivity index (χ4v) is 6.47. The lowest BCUT2D eigenvalue weighted by Crippen LogP contribution is -2.41. The molecular weight excluding hydrogens is 403 g/mol. The topological polar surface area (TPSA) is 49.4 Å². The highest BCUT2D eigenvalue weighted by Crippen LogP contribution is 2.53. The summed E-state index contributed by atoms with van der Waals surface area (Å²) < 4.78 is 13.4. The van der Waals surface area contributed by atoms with E-state index >= 15 is 0 Å². The molecule has 0 heterocycles. The predicted octanol–water partition coefficient (Wildman–Crippen LogP) is 5.04. The average Bonchev–Trinajstić information content (AvgIpc) is 3.03. The summed E-state index contributed by atoms with van der Waals surface area (Å²) in [4.78, 5) is 27.0. The molecule has 3 fully saturated rings. The zero-order chi connectivity index (χ0) is 22.2. The molecule has 0 aromatic heterocycles. The number of hydrogen-bond acceptors (Lipinski definition) is 2. The number of fused-ring (bicyclic) bond motifs is 2. The molecule has 2 amide bonds. The minimum absolute atomic E-state index is 0.00645. The molecule has 5 rings (SSSR count). The third-order valence-corrected chi connectivity index (χ3v) is 7.92. The van der Waals surface area contributed by atoms with E-state index in [-0.39, 0.29) is 11.8 Å². The van der Waals surface area contributed by atoms with Crippen LogP contribution in [-0.4, -0.2) is 29.8 Å². The summed E-state index contributed by atoms with van der Waals surface area (Å²) in [6, 6.07) is 13.5. The van der Waals surface area contributed by atoms with Gasteiger partial charge in [-0.05, 0) is 98.1 Å². The first kappa shape index (κ1) is 21.2. The minimum atomic E-state index is -0.422. The summed E-state index contributed by atoms with van der Waals surface area (Å²) in [5.41, 5.74) is 1.92. The van der Waals surface area contributed by atoms with Gasteiger partial charge in [-0.25, -0.2) is 4.39 Å². The number of nitrogens with one attached hydrogen (secondary N) is 1. The molecule has 2 aromatic carbocycles. The smallest absolute Gasteiger partial charge is 0.253 e. The van der Waals surface area contributed by atoms with Crippen LogP contribution in [0.15, 0.2) is 48.5 Å². The molecule has 5 atom stereocenters. The van der Waals surface area contributed by atoms with Gasteiger partial charge in [0.05, 0.1) is 0 Å². The standard InChI is InChI=1S/C27H31FN2O2/c1-30(27(32)21-3-2-4-23(28)15-21)16-17-5-8-20(9-6-17)26(31)29-25-10-7-18-11-19-13-22(12-18)24(25)14-19/h2-6,8-9,15,18-19,22,24-25H,7,10-14,16H2,1H3,(H,29,31). The van der Waals surface area contributed by atoms with Crippen LogP contribution in [0.2, 0.25) is 0 Å². The molecule has 0 aliphatic heterocycles. The van der Waals surface area contributed by atoms with Crippen LogP contribution in [-0.2, 0) is 6.54 Å². The third kappa shape index (κ3) is 4.30. The summed E-state index contributed by atoms with van der Waals surface area (Å²) >= 11 is 0. The Morgan fingerprint density at radius 3 is 2.53 bits per heavy atom. The van der Waals surface area contributed by atoms with Crippen molar-refractivity contribution in [3.8, 4) is 0 Å². The van der Waals surface area contributed by atoms with Gasteiger partial charge >= 0.3 is 0 Å². The molecule has 32 heavy (non-hydrogen) atoms. The Bertz CT molecular complexity index is 1000. The highest BCUT2D eigenvalue weighted by atomic mass is 19.1. The van der Waals surface area contributed by atoms with Crippen molar-refractivity contribution < 1.29 is 14.0 Å². The van der Waals surface area contributed by atoms with Gasteiger partial charge < -0.3 is 10.2 Å². The van der Waals surface area contributed by atoms with E-state index < -0.39 is 5.82 Å². The van der Waals surface area contributed by atoms with E-state index in [0.717, 1.165) is 29.7 Å². The highest BCUT2D eigenvalue weighted by molar-refractivity contribution is 5.95. The summed E-state index contributed by atoms with van der Waals surface area (Å²) in [6.07, 6.45) is 7.78. The molecule has 4 nitrogen and oxygen atoms in total. The van der Waals surface area contributed by atoms with Gasteiger partial charge in [-0.1, -0.05) is 18.2 Å². The van der Waals surface area contributed by atoms with E-state index in [1.165, 1.54) is 50.3 Å². The van der Waals surface area contributed by atoms with E-state index in [2.05, 4.69) is 5.32 Å². The van der Waals surface area contributed by atoms with Crippen molar-refractivity contribution in [1.29, 1.82) is 0 Å². The van der Waals surface area contributed by atoms with Gasteiger partial charge in [0, 0.05) is 30.8 Å². The summed E-state index contributed by atoms with van der Waals surface area (Å²) in [5, 5.41) is 3.35. The first-order valence-corrected chi connectivity index (χ1v) is 11.9. The fraction of sp³-hybridized carbons (Fsp3) is 0.481. The Kier molecular flexibility index (Phi) is 5.75. The maximum absolute atomic E-state index is 13.4. The molecule has 0 radical (unpaired) electrons. The summed E-state index contributed by atoms with van der Waals surface area (Å²) in [5.74, 6) is 2.56. The van der Waals surface area contributed by atoms with Crippen LogP contribution in [0.4, 0.5) is 4.39 Å². The molecule has 0 saturated heterocycles. The van der Waals surface area contributed by atoms with Crippen molar-refractivity contribution in [1.82, 2.24) is 10.2 Å². The minimum Gasteiger partial charge on any atom is -0.349 e. The monoisotopic (exact) mass is 434 g/mol. The van der Waals surface area contributed by atoms with Gasteiger partial charge in [0.1, 0.15) is 5.82 Å². The van der Waals surface area contributed by atoms with Gasteiger partial charge in [-0.3, -0.25) is 9.59 Å². The zero-order valence-corrected chi connectivity index (χ0v) is 18.6. The molecule has 5 heteroatoms. The highest BCUT2D eigenvalue weighted by Gasteiger charge is 2.46. The number of amides is 2. The SMILES string of the molecule is CN(Cc1ccc(C(=O)NC2CCC3CC4CC(C3)C2C4)cc1)C(=O)c1cccc(F)c1. The number of carbonyl (C=O) groups is 2. The molecule has 5 unspecified atom stereocenters. The quantitative estimate of drug-likeness (QED) is 0.717. The van der Waals surface area contributed by atoms with E-state index in [1.54, 1.807) is 18.0 Å². The normalized spacial score (nSPS) is 28.2. The second-order valence-corrected chi connectivity index (χ2v) is 10.1. The van der Waals surface area contributed by atoms with Crippen LogP contribution in [0.25, 0.3) is 0 Å². The largest absolute Gasteiger partial charge is 0.349 e. The molecule has 3 aliphatic carbocycles. The Labute approximate surface area is 189 Å². The number of hydrogen-bond donors (Lipinski definition) is 1. The summed E-state index contributed by atoms with van der Waals surface area (Å²) in [7, 11) is 1.70. The Morgan fingerprint density at radius 2 is 1.75 bits per heavy atom.